The van der Waals surface area contributed by atoms with E-state index in [0.717, 1.165) is 38.0 Å². The van der Waals surface area contributed by atoms with Crippen LogP contribution in [-0.2, 0) is 4.79 Å². The van der Waals surface area contributed by atoms with E-state index < -0.39 is 0 Å². The van der Waals surface area contributed by atoms with Crippen molar-refractivity contribution in [3.05, 3.63) is 59.7 Å². The Kier molecular flexibility index (Phi) is 8.46. The summed E-state index contributed by atoms with van der Waals surface area (Å²) in [6.07, 6.45) is 2.93. The van der Waals surface area contributed by atoms with Gasteiger partial charge in [-0.05, 0) is 74.6 Å². The molecule has 3 rings (SSSR count). The molecule has 0 saturated carbocycles. The summed E-state index contributed by atoms with van der Waals surface area (Å²) in [6, 6.07) is 14.2. The van der Waals surface area contributed by atoms with Crippen LogP contribution in [0.4, 0.5) is 11.4 Å². The quantitative estimate of drug-likeness (QED) is 0.564. The molecule has 2 aromatic carbocycles. The summed E-state index contributed by atoms with van der Waals surface area (Å²) in [7, 11) is 0. The number of rotatable bonds is 8. The zero-order chi connectivity index (χ0) is 23.8. The van der Waals surface area contributed by atoms with Crippen molar-refractivity contribution < 1.29 is 14.4 Å². The lowest BCUT2D eigenvalue weighted by atomic mass is 9.98. The van der Waals surface area contributed by atoms with E-state index in [1.807, 2.05) is 36.9 Å². The highest BCUT2D eigenvalue weighted by Crippen LogP contribution is 2.19. The minimum absolute atomic E-state index is 0.0347. The molecule has 3 amide bonds. The van der Waals surface area contributed by atoms with Gasteiger partial charge < -0.3 is 20.9 Å². The summed E-state index contributed by atoms with van der Waals surface area (Å²) in [4.78, 5) is 39.2. The molecular formula is C26H34N4O3. The minimum Gasteiger partial charge on any atom is -0.376 e. The molecule has 7 heteroatoms. The average Bonchev–Trinajstić information content (AvgIpc) is 2.83. The highest BCUT2D eigenvalue weighted by molar-refractivity contribution is 5.97. The summed E-state index contributed by atoms with van der Waals surface area (Å²) in [5.74, 6) is 0.358. The molecule has 33 heavy (non-hydrogen) atoms. The normalized spacial score (nSPS) is 14.9. The molecule has 0 spiro atoms. The number of likely N-dealkylation sites (tertiary alicyclic amines) is 1. The highest BCUT2D eigenvalue weighted by Gasteiger charge is 2.21. The third-order valence-electron chi connectivity index (χ3n) is 6.05. The van der Waals surface area contributed by atoms with Crippen LogP contribution in [0, 0.1) is 5.92 Å². The number of amides is 3. The topological polar surface area (TPSA) is 90.5 Å². The van der Waals surface area contributed by atoms with Crippen LogP contribution in [0.25, 0.3) is 0 Å². The first-order chi connectivity index (χ1) is 15.9. The van der Waals surface area contributed by atoms with E-state index in [1.165, 1.54) is 0 Å². The van der Waals surface area contributed by atoms with Crippen molar-refractivity contribution in [3.63, 3.8) is 0 Å². The van der Waals surface area contributed by atoms with E-state index in [2.05, 4.69) is 22.9 Å². The van der Waals surface area contributed by atoms with Gasteiger partial charge in [0.1, 0.15) is 0 Å². The van der Waals surface area contributed by atoms with Crippen LogP contribution < -0.4 is 16.0 Å². The second-order valence-corrected chi connectivity index (χ2v) is 8.82. The first-order valence-corrected chi connectivity index (χ1v) is 11.7. The molecule has 1 heterocycles. The average molecular weight is 451 g/mol. The number of hydrogen-bond acceptors (Lipinski definition) is 4. The summed E-state index contributed by atoms with van der Waals surface area (Å²) in [6.45, 7) is 7.84. The van der Waals surface area contributed by atoms with Crippen molar-refractivity contribution in [3.8, 4) is 0 Å². The van der Waals surface area contributed by atoms with Gasteiger partial charge in [-0.1, -0.05) is 19.9 Å². The van der Waals surface area contributed by atoms with Crippen LogP contribution in [0.1, 0.15) is 60.7 Å². The fourth-order valence-corrected chi connectivity index (χ4v) is 3.66. The molecular weight excluding hydrogens is 416 g/mol. The molecule has 176 valence electrons. The first kappa shape index (κ1) is 24.3. The molecule has 1 aliphatic rings. The Hall–Kier alpha value is -3.35. The molecule has 0 radical (unpaired) electrons. The van der Waals surface area contributed by atoms with E-state index in [1.54, 1.807) is 30.3 Å². The smallest absolute Gasteiger partial charge is 0.253 e. The Labute approximate surface area is 195 Å². The van der Waals surface area contributed by atoms with Gasteiger partial charge in [-0.25, -0.2) is 0 Å². The van der Waals surface area contributed by atoms with Gasteiger partial charge in [0.15, 0.2) is 0 Å². The van der Waals surface area contributed by atoms with E-state index in [9.17, 15) is 14.4 Å². The maximum atomic E-state index is 12.8. The molecule has 0 bridgehead atoms. The van der Waals surface area contributed by atoms with E-state index in [4.69, 9.17) is 0 Å². The van der Waals surface area contributed by atoms with Crippen LogP contribution in [0.5, 0.6) is 0 Å². The number of benzene rings is 2. The Morgan fingerprint density at radius 3 is 2.36 bits per heavy atom. The van der Waals surface area contributed by atoms with Crippen molar-refractivity contribution in [1.82, 2.24) is 10.2 Å². The molecule has 1 saturated heterocycles. The Balaban J connectivity index is 1.50. The number of nitrogens with one attached hydrogen (secondary N) is 3. The van der Waals surface area contributed by atoms with Crippen molar-refractivity contribution in [2.45, 2.75) is 46.1 Å². The number of carbonyl (C=O) groups excluding carboxylic acids is 3. The minimum atomic E-state index is -0.214. The zero-order valence-electron chi connectivity index (χ0n) is 19.7. The summed E-state index contributed by atoms with van der Waals surface area (Å²) >= 11 is 0. The Morgan fingerprint density at radius 2 is 1.70 bits per heavy atom. The number of carbonyl (C=O) groups is 3. The van der Waals surface area contributed by atoms with E-state index in [-0.39, 0.29) is 30.3 Å². The molecule has 2 aromatic rings. The molecule has 1 unspecified atom stereocenters. The van der Waals surface area contributed by atoms with Gasteiger partial charge in [-0.3, -0.25) is 14.4 Å². The Bertz CT molecular complexity index is 966. The van der Waals surface area contributed by atoms with Gasteiger partial charge in [0.2, 0.25) is 5.91 Å². The molecule has 3 N–H and O–H groups in total. The van der Waals surface area contributed by atoms with Crippen molar-refractivity contribution in [2.24, 2.45) is 5.92 Å². The maximum absolute atomic E-state index is 12.8. The van der Waals surface area contributed by atoms with Gasteiger partial charge in [0, 0.05) is 41.6 Å². The second kappa shape index (κ2) is 11.5. The van der Waals surface area contributed by atoms with Crippen molar-refractivity contribution >= 4 is 29.1 Å². The predicted octanol–water partition coefficient (Wildman–Crippen LogP) is 4.14. The van der Waals surface area contributed by atoms with Crippen molar-refractivity contribution in [2.75, 3.05) is 30.3 Å². The summed E-state index contributed by atoms with van der Waals surface area (Å²) in [5.41, 5.74) is 2.51. The maximum Gasteiger partial charge on any atom is 0.253 e. The zero-order valence-corrected chi connectivity index (χ0v) is 19.7. The van der Waals surface area contributed by atoms with E-state index >= 15 is 0 Å². The lowest BCUT2D eigenvalue weighted by Gasteiger charge is -2.30. The third kappa shape index (κ3) is 7.07. The fraction of sp³-hybridized carbons (Fsp3) is 0.423. The van der Waals surface area contributed by atoms with Gasteiger partial charge in [0.05, 0.1) is 6.54 Å². The van der Waals surface area contributed by atoms with Gasteiger partial charge >= 0.3 is 0 Å². The van der Waals surface area contributed by atoms with Crippen LogP contribution in [0.2, 0.25) is 0 Å². The molecule has 1 atom stereocenters. The molecule has 1 fully saturated rings. The molecule has 1 aliphatic heterocycles. The van der Waals surface area contributed by atoms with Crippen LogP contribution in [0.15, 0.2) is 48.5 Å². The lowest BCUT2D eigenvalue weighted by molar-refractivity contribution is -0.114. The predicted molar refractivity (Wildman–Crippen MR) is 132 cm³/mol. The van der Waals surface area contributed by atoms with E-state index in [0.29, 0.717) is 22.7 Å². The second-order valence-electron chi connectivity index (χ2n) is 8.82. The number of nitrogens with zero attached hydrogens (tertiary/aromatic N) is 1. The molecule has 7 nitrogen and oxygen atoms in total. The van der Waals surface area contributed by atoms with Gasteiger partial charge in [-0.15, -0.1) is 0 Å². The first-order valence-electron chi connectivity index (χ1n) is 11.7. The molecule has 0 aromatic heterocycles. The number of piperidine rings is 1. The standard InChI is InChI=1S/C26H34N4O3/c1-4-19(3)28-25(32)20-8-10-22(11-9-20)29-24(31)17-27-23-7-5-6-21(16-23)26(33)30-14-12-18(2)13-15-30/h5-11,16,18-19,27H,4,12-15,17H2,1-3H3,(H,28,32)(H,29,31). The van der Waals surface area contributed by atoms with Gasteiger partial charge in [-0.2, -0.15) is 0 Å². The van der Waals surface area contributed by atoms with Gasteiger partial charge in [0.25, 0.3) is 11.8 Å². The number of anilines is 2. The third-order valence-corrected chi connectivity index (χ3v) is 6.05. The Morgan fingerprint density at radius 1 is 1.00 bits per heavy atom. The van der Waals surface area contributed by atoms with Crippen molar-refractivity contribution in [1.29, 1.82) is 0 Å². The number of hydrogen-bond donors (Lipinski definition) is 3. The SMILES string of the molecule is CCC(C)NC(=O)c1ccc(NC(=O)CNc2cccc(C(=O)N3CCC(C)CC3)c2)cc1. The van der Waals surface area contributed by atoms with Crippen LogP contribution in [-0.4, -0.2) is 48.3 Å². The van der Waals surface area contributed by atoms with Crippen LogP contribution in [0.3, 0.4) is 0 Å². The summed E-state index contributed by atoms with van der Waals surface area (Å²) < 4.78 is 0. The van der Waals surface area contributed by atoms with Crippen LogP contribution >= 0.6 is 0 Å². The monoisotopic (exact) mass is 450 g/mol. The molecule has 0 aliphatic carbocycles. The largest absolute Gasteiger partial charge is 0.376 e. The fourth-order valence-electron chi connectivity index (χ4n) is 3.66. The summed E-state index contributed by atoms with van der Waals surface area (Å²) in [5, 5.41) is 8.81. The lowest BCUT2D eigenvalue weighted by Crippen LogP contribution is -2.37. The highest BCUT2D eigenvalue weighted by atomic mass is 16.2.